The van der Waals surface area contributed by atoms with Crippen molar-refractivity contribution in [2.24, 2.45) is 22.4 Å². The second-order valence-electron chi connectivity index (χ2n) is 7.50. The summed E-state index contributed by atoms with van der Waals surface area (Å²) in [5, 5.41) is 19.4. The number of aliphatic carboxylic acids is 1. The van der Waals surface area contributed by atoms with Crippen LogP contribution in [0.4, 0.5) is 0 Å². The number of guanidine groups is 1. The lowest BCUT2D eigenvalue weighted by atomic mass is 10.0. The molecule has 0 aromatic rings. The van der Waals surface area contributed by atoms with E-state index in [2.05, 4.69) is 26.3 Å². The first-order chi connectivity index (χ1) is 14.1. The average molecular weight is 428 g/mol. The third kappa shape index (κ3) is 9.07. The molecule has 3 amide bonds. The molecule has 1 aliphatic rings. The fourth-order valence-corrected chi connectivity index (χ4v) is 3.01. The van der Waals surface area contributed by atoms with Crippen LogP contribution in [0.3, 0.4) is 0 Å². The van der Waals surface area contributed by atoms with Crippen LogP contribution in [0.15, 0.2) is 4.99 Å². The van der Waals surface area contributed by atoms with Crippen LogP contribution in [0.1, 0.15) is 39.5 Å². The van der Waals surface area contributed by atoms with Gasteiger partial charge in [0, 0.05) is 6.54 Å². The quantitative estimate of drug-likeness (QED) is 0.102. The number of carbonyl (C=O) groups is 4. The lowest BCUT2D eigenvalue weighted by molar-refractivity contribution is -0.139. The van der Waals surface area contributed by atoms with E-state index in [0.717, 1.165) is 13.0 Å². The van der Waals surface area contributed by atoms with Crippen molar-refractivity contribution < 1.29 is 24.3 Å². The summed E-state index contributed by atoms with van der Waals surface area (Å²) in [5.74, 6) is -2.97. The summed E-state index contributed by atoms with van der Waals surface area (Å²) in [5.41, 5.74) is 10.6. The number of amides is 3. The van der Waals surface area contributed by atoms with Crippen molar-refractivity contribution in [3.05, 3.63) is 0 Å². The number of carboxylic acids is 1. The molecular formula is C18H33N7O5. The van der Waals surface area contributed by atoms with E-state index in [0.29, 0.717) is 12.8 Å². The van der Waals surface area contributed by atoms with E-state index >= 15 is 0 Å². The van der Waals surface area contributed by atoms with Gasteiger partial charge in [0.15, 0.2) is 5.96 Å². The van der Waals surface area contributed by atoms with E-state index < -0.39 is 36.4 Å². The molecule has 1 saturated heterocycles. The van der Waals surface area contributed by atoms with Gasteiger partial charge in [-0.25, -0.2) is 0 Å². The van der Waals surface area contributed by atoms with Crippen molar-refractivity contribution in [1.29, 1.82) is 0 Å². The van der Waals surface area contributed by atoms with Crippen LogP contribution in [0, 0.1) is 5.92 Å². The topological polar surface area (TPSA) is 201 Å². The second kappa shape index (κ2) is 12.6. The van der Waals surface area contributed by atoms with Gasteiger partial charge in [-0.1, -0.05) is 13.8 Å². The largest absolute Gasteiger partial charge is 0.480 e. The molecule has 0 saturated carbocycles. The van der Waals surface area contributed by atoms with E-state index in [1.165, 1.54) is 0 Å². The minimum atomic E-state index is -1.19. The molecule has 1 aliphatic heterocycles. The van der Waals surface area contributed by atoms with Gasteiger partial charge in [-0.3, -0.25) is 24.2 Å². The van der Waals surface area contributed by atoms with Crippen LogP contribution in [0.2, 0.25) is 0 Å². The molecule has 1 heterocycles. The van der Waals surface area contributed by atoms with E-state index in [1.807, 2.05) is 0 Å². The van der Waals surface area contributed by atoms with Crippen molar-refractivity contribution >= 4 is 29.7 Å². The fraction of sp³-hybridized carbons (Fsp3) is 0.722. The van der Waals surface area contributed by atoms with Crippen LogP contribution in [-0.4, -0.2) is 72.5 Å². The summed E-state index contributed by atoms with van der Waals surface area (Å²) in [6.45, 7) is 3.92. The van der Waals surface area contributed by atoms with E-state index in [9.17, 15) is 19.2 Å². The van der Waals surface area contributed by atoms with Gasteiger partial charge in [0.2, 0.25) is 17.7 Å². The van der Waals surface area contributed by atoms with Crippen molar-refractivity contribution in [3.8, 4) is 0 Å². The molecule has 0 bridgehead atoms. The van der Waals surface area contributed by atoms with Crippen LogP contribution >= 0.6 is 0 Å². The molecule has 0 aromatic heterocycles. The van der Waals surface area contributed by atoms with Crippen molar-refractivity contribution in [2.45, 2.75) is 57.7 Å². The van der Waals surface area contributed by atoms with Crippen LogP contribution in [0.25, 0.3) is 0 Å². The Morgan fingerprint density at radius 3 is 2.40 bits per heavy atom. The Balaban J connectivity index is 2.80. The van der Waals surface area contributed by atoms with Gasteiger partial charge < -0.3 is 37.8 Å². The zero-order chi connectivity index (χ0) is 22.7. The second-order valence-corrected chi connectivity index (χ2v) is 7.50. The molecule has 30 heavy (non-hydrogen) atoms. The molecule has 3 unspecified atom stereocenters. The van der Waals surface area contributed by atoms with Crippen LogP contribution in [0.5, 0.6) is 0 Å². The van der Waals surface area contributed by atoms with Crippen LogP contribution < -0.4 is 32.7 Å². The van der Waals surface area contributed by atoms with Gasteiger partial charge in [0.05, 0.1) is 6.04 Å². The SMILES string of the molecule is CC(C)C(NC(=O)C(CCCN=C(N)N)NC(=O)C1CCCN1)C(=O)NCC(=O)O. The number of rotatable bonds is 12. The molecule has 0 radical (unpaired) electrons. The standard InChI is InChI=1S/C18H33N7O5/c1-10(2)14(17(30)23-9-13(26)27)25-16(29)12(6-4-8-22-18(19)20)24-15(28)11-5-3-7-21-11/h10-12,14,21H,3-9H2,1-2H3,(H,23,30)(H,24,28)(H,25,29)(H,26,27)(H4,19,20,22). The van der Waals surface area contributed by atoms with Gasteiger partial charge in [-0.15, -0.1) is 0 Å². The molecule has 1 fully saturated rings. The van der Waals surface area contributed by atoms with Crippen molar-refractivity contribution in [3.63, 3.8) is 0 Å². The molecule has 0 aliphatic carbocycles. The predicted octanol–water partition coefficient (Wildman–Crippen LogP) is -2.38. The first kappa shape index (κ1) is 25.1. The highest BCUT2D eigenvalue weighted by atomic mass is 16.4. The molecule has 12 nitrogen and oxygen atoms in total. The maximum Gasteiger partial charge on any atom is 0.322 e. The summed E-state index contributed by atoms with van der Waals surface area (Å²) in [6, 6.07) is -2.20. The first-order valence-electron chi connectivity index (χ1n) is 10.0. The number of carboxylic acid groups (broad SMARTS) is 1. The van der Waals surface area contributed by atoms with Gasteiger partial charge >= 0.3 is 5.97 Å². The Bertz CT molecular complexity index is 643. The Kier molecular flexibility index (Phi) is 10.6. The normalized spacial score (nSPS) is 17.6. The summed E-state index contributed by atoms with van der Waals surface area (Å²) >= 11 is 0. The Labute approximate surface area is 175 Å². The molecule has 1 rings (SSSR count). The number of carbonyl (C=O) groups excluding carboxylic acids is 3. The number of nitrogens with zero attached hydrogens (tertiary/aromatic N) is 1. The Morgan fingerprint density at radius 1 is 1.17 bits per heavy atom. The average Bonchev–Trinajstić information content (AvgIpc) is 3.20. The lowest BCUT2D eigenvalue weighted by Gasteiger charge is -2.25. The van der Waals surface area contributed by atoms with Gasteiger partial charge in [-0.05, 0) is 38.1 Å². The number of nitrogens with two attached hydrogens (primary N) is 2. The zero-order valence-electron chi connectivity index (χ0n) is 17.4. The maximum atomic E-state index is 12.9. The van der Waals surface area contributed by atoms with Crippen molar-refractivity contribution in [2.75, 3.05) is 19.6 Å². The number of nitrogens with one attached hydrogen (secondary N) is 4. The zero-order valence-corrected chi connectivity index (χ0v) is 17.4. The smallest absolute Gasteiger partial charge is 0.322 e. The molecule has 170 valence electrons. The summed E-state index contributed by atoms with van der Waals surface area (Å²) in [7, 11) is 0. The minimum Gasteiger partial charge on any atom is -0.480 e. The third-order valence-corrected chi connectivity index (χ3v) is 4.62. The monoisotopic (exact) mass is 427 g/mol. The fourth-order valence-electron chi connectivity index (χ4n) is 3.01. The Morgan fingerprint density at radius 2 is 1.87 bits per heavy atom. The number of aliphatic imine (C=N–C) groups is 1. The van der Waals surface area contributed by atoms with Gasteiger partial charge in [-0.2, -0.15) is 0 Å². The number of hydrogen-bond donors (Lipinski definition) is 7. The highest BCUT2D eigenvalue weighted by Crippen LogP contribution is 2.08. The molecule has 0 aromatic carbocycles. The van der Waals surface area contributed by atoms with E-state index in [4.69, 9.17) is 16.6 Å². The number of hydrogen-bond acceptors (Lipinski definition) is 6. The summed E-state index contributed by atoms with van der Waals surface area (Å²) in [6.07, 6.45) is 2.26. The van der Waals surface area contributed by atoms with E-state index in [-0.39, 0.29) is 36.8 Å². The lowest BCUT2D eigenvalue weighted by Crippen LogP contribution is -2.57. The molecule has 9 N–H and O–H groups in total. The van der Waals surface area contributed by atoms with Gasteiger partial charge in [0.1, 0.15) is 18.6 Å². The molecular weight excluding hydrogens is 394 g/mol. The van der Waals surface area contributed by atoms with Crippen molar-refractivity contribution in [1.82, 2.24) is 21.3 Å². The minimum absolute atomic E-state index is 0.0647. The first-order valence-corrected chi connectivity index (χ1v) is 10.0. The molecule has 3 atom stereocenters. The highest BCUT2D eigenvalue weighted by Gasteiger charge is 2.31. The van der Waals surface area contributed by atoms with E-state index in [1.54, 1.807) is 13.8 Å². The van der Waals surface area contributed by atoms with Gasteiger partial charge in [0.25, 0.3) is 0 Å². The molecule has 0 spiro atoms. The summed E-state index contributed by atoms with van der Waals surface area (Å²) < 4.78 is 0. The predicted molar refractivity (Wildman–Crippen MR) is 110 cm³/mol. The Hall–Kier alpha value is -2.89. The maximum absolute atomic E-state index is 12.9. The summed E-state index contributed by atoms with van der Waals surface area (Å²) in [4.78, 5) is 52.2. The third-order valence-electron chi connectivity index (χ3n) is 4.62. The highest BCUT2D eigenvalue weighted by molar-refractivity contribution is 5.93. The van der Waals surface area contributed by atoms with Crippen LogP contribution in [-0.2, 0) is 19.2 Å². The molecule has 12 heteroatoms.